The van der Waals surface area contributed by atoms with Crippen molar-refractivity contribution in [2.24, 2.45) is 0 Å². The van der Waals surface area contributed by atoms with E-state index in [-0.39, 0.29) is 6.04 Å². The summed E-state index contributed by atoms with van der Waals surface area (Å²) in [5, 5.41) is 4.53. The van der Waals surface area contributed by atoms with Gasteiger partial charge in [-0.25, -0.2) is 0 Å². The Kier molecular flexibility index (Phi) is 6.24. The standard InChI is InChI=1S/C17H27NO2S/c1-12(18-15-7-5-6-8-17(15)21-4)14-11-13(19-2)9-10-16(14)20-3/h9-12,15,17-18H,5-8H2,1-4H3. The Morgan fingerprint density at radius 3 is 2.62 bits per heavy atom. The van der Waals surface area contributed by atoms with E-state index in [0.29, 0.717) is 6.04 Å². The summed E-state index contributed by atoms with van der Waals surface area (Å²) in [5.74, 6) is 1.80. The zero-order valence-electron chi connectivity index (χ0n) is 13.5. The van der Waals surface area contributed by atoms with Crippen molar-refractivity contribution in [2.75, 3.05) is 20.5 Å². The van der Waals surface area contributed by atoms with E-state index in [1.54, 1.807) is 14.2 Å². The van der Waals surface area contributed by atoms with Crippen LogP contribution in [0.2, 0.25) is 0 Å². The van der Waals surface area contributed by atoms with Crippen LogP contribution in [0.1, 0.15) is 44.2 Å². The molecule has 1 aliphatic rings. The second-order valence-electron chi connectivity index (χ2n) is 5.66. The molecule has 0 bridgehead atoms. The number of thioether (sulfide) groups is 1. The summed E-state index contributed by atoms with van der Waals surface area (Å²) in [6.45, 7) is 2.21. The molecule has 0 aliphatic heterocycles. The van der Waals surface area contributed by atoms with Crippen molar-refractivity contribution >= 4 is 11.8 Å². The summed E-state index contributed by atoms with van der Waals surface area (Å²) in [6.07, 6.45) is 7.50. The summed E-state index contributed by atoms with van der Waals surface area (Å²) in [7, 11) is 3.43. The van der Waals surface area contributed by atoms with Gasteiger partial charge in [-0.15, -0.1) is 0 Å². The molecule has 1 aromatic carbocycles. The normalized spacial score (nSPS) is 23.6. The lowest BCUT2D eigenvalue weighted by atomic mass is 9.93. The van der Waals surface area contributed by atoms with E-state index in [2.05, 4.69) is 24.6 Å². The molecule has 21 heavy (non-hydrogen) atoms. The molecule has 0 saturated heterocycles. The van der Waals surface area contributed by atoms with Gasteiger partial charge >= 0.3 is 0 Å². The van der Waals surface area contributed by atoms with Crippen molar-refractivity contribution in [2.45, 2.75) is 49.9 Å². The highest BCUT2D eigenvalue weighted by Gasteiger charge is 2.26. The number of methoxy groups -OCH3 is 2. The average Bonchev–Trinajstić information content (AvgIpc) is 2.54. The van der Waals surface area contributed by atoms with E-state index in [4.69, 9.17) is 9.47 Å². The van der Waals surface area contributed by atoms with Gasteiger partial charge in [0.1, 0.15) is 11.5 Å². The van der Waals surface area contributed by atoms with Gasteiger partial charge < -0.3 is 14.8 Å². The molecule has 1 saturated carbocycles. The van der Waals surface area contributed by atoms with Gasteiger partial charge in [-0.05, 0) is 44.2 Å². The molecule has 3 unspecified atom stereocenters. The maximum atomic E-state index is 5.51. The Bertz CT molecular complexity index is 452. The maximum absolute atomic E-state index is 5.51. The Morgan fingerprint density at radius 2 is 1.95 bits per heavy atom. The molecule has 0 radical (unpaired) electrons. The Labute approximate surface area is 132 Å². The molecule has 1 N–H and O–H groups in total. The molecule has 1 aromatic rings. The lowest BCUT2D eigenvalue weighted by Crippen LogP contribution is -2.41. The number of hydrogen-bond donors (Lipinski definition) is 1. The van der Waals surface area contributed by atoms with Crippen molar-refractivity contribution in [3.05, 3.63) is 23.8 Å². The lowest BCUT2D eigenvalue weighted by molar-refractivity contribution is 0.345. The van der Waals surface area contributed by atoms with Crippen LogP contribution in [0.5, 0.6) is 11.5 Å². The summed E-state index contributed by atoms with van der Waals surface area (Å²) in [5.41, 5.74) is 1.17. The van der Waals surface area contributed by atoms with Gasteiger partial charge in [0.15, 0.2) is 0 Å². The largest absolute Gasteiger partial charge is 0.497 e. The van der Waals surface area contributed by atoms with Crippen LogP contribution in [0.15, 0.2) is 18.2 Å². The summed E-state index contributed by atoms with van der Waals surface area (Å²) in [6, 6.07) is 6.85. The van der Waals surface area contributed by atoms with Crippen LogP contribution in [0.25, 0.3) is 0 Å². The summed E-state index contributed by atoms with van der Waals surface area (Å²) in [4.78, 5) is 0. The SMILES string of the molecule is COc1ccc(OC)c(C(C)NC2CCCCC2SC)c1. The molecule has 0 heterocycles. The first kappa shape index (κ1) is 16.5. The Hall–Kier alpha value is -0.870. The fourth-order valence-electron chi connectivity index (χ4n) is 3.16. The van der Waals surface area contributed by atoms with Gasteiger partial charge in [0, 0.05) is 22.9 Å². The van der Waals surface area contributed by atoms with Crippen LogP contribution < -0.4 is 14.8 Å². The van der Waals surface area contributed by atoms with Gasteiger partial charge in [0.2, 0.25) is 0 Å². The molecular weight excluding hydrogens is 282 g/mol. The molecule has 0 spiro atoms. The highest BCUT2D eigenvalue weighted by Crippen LogP contribution is 2.32. The minimum atomic E-state index is 0.257. The summed E-state index contributed by atoms with van der Waals surface area (Å²) < 4.78 is 10.9. The zero-order chi connectivity index (χ0) is 15.2. The first-order chi connectivity index (χ1) is 10.2. The van der Waals surface area contributed by atoms with E-state index in [1.807, 2.05) is 23.9 Å². The van der Waals surface area contributed by atoms with E-state index < -0.39 is 0 Å². The molecular formula is C17H27NO2S. The third-order valence-electron chi connectivity index (χ3n) is 4.37. The topological polar surface area (TPSA) is 30.5 Å². The molecule has 0 aromatic heterocycles. The minimum absolute atomic E-state index is 0.257. The maximum Gasteiger partial charge on any atom is 0.123 e. The molecule has 118 valence electrons. The highest BCUT2D eigenvalue weighted by molar-refractivity contribution is 7.99. The number of rotatable bonds is 6. The smallest absolute Gasteiger partial charge is 0.123 e. The van der Waals surface area contributed by atoms with Crippen LogP contribution >= 0.6 is 11.8 Å². The molecule has 1 aliphatic carbocycles. The Morgan fingerprint density at radius 1 is 1.19 bits per heavy atom. The van der Waals surface area contributed by atoms with Crippen LogP contribution in [0.4, 0.5) is 0 Å². The second-order valence-corrected chi connectivity index (χ2v) is 6.74. The first-order valence-corrected chi connectivity index (χ1v) is 8.99. The average molecular weight is 309 g/mol. The third kappa shape index (κ3) is 4.07. The fraction of sp³-hybridized carbons (Fsp3) is 0.647. The third-order valence-corrected chi connectivity index (χ3v) is 5.54. The predicted octanol–water partition coefficient (Wildman–Crippen LogP) is 4.03. The summed E-state index contributed by atoms with van der Waals surface area (Å²) >= 11 is 1.99. The van der Waals surface area contributed by atoms with Crippen molar-refractivity contribution in [1.82, 2.24) is 5.32 Å². The second kappa shape index (κ2) is 7.95. The van der Waals surface area contributed by atoms with E-state index >= 15 is 0 Å². The van der Waals surface area contributed by atoms with Crippen LogP contribution in [-0.2, 0) is 0 Å². The van der Waals surface area contributed by atoms with Crippen molar-refractivity contribution in [3.63, 3.8) is 0 Å². The van der Waals surface area contributed by atoms with E-state index in [1.165, 1.54) is 31.2 Å². The van der Waals surface area contributed by atoms with Crippen LogP contribution in [-0.4, -0.2) is 31.8 Å². The van der Waals surface area contributed by atoms with Gasteiger partial charge in [0.05, 0.1) is 14.2 Å². The molecule has 3 nitrogen and oxygen atoms in total. The van der Waals surface area contributed by atoms with Gasteiger partial charge in [-0.3, -0.25) is 0 Å². The zero-order valence-corrected chi connectivity index (χ0v) is 14.3. The highest BCUT2D eigenvalue weighted by atomic mass is 32.2. The van der Waals surface area contributed by atoms with E-state index in [9.17, 15) is 0 Å². The van der Waals surface area contributed by atoms with Crippen LogP contribution in [0, 0.1) is 0 Å². The van der Waals surface area contributed by atoms with Crippen molar-refractivity contribution in [3.8, 4) is 11.5 Å². The molecule has 3 atom stereocenters. The van der Waals surface area contributed by atoms with Gasteiger partial charge in [-0.1, -0.05) is 12.8 Å². The molecule has 1 fully saturated rings. The number of nitrogens with one attached hydrogen (secondary N) is 1. The fourth-order valence-corrected chi connectivity index (χ4v) is 4.10. The van der Waals surface area contributed by atoms with Gasteiger partial charge in [0.25, 0.3) is 0 Å². The van der Waals surface area contributed by atoms with Crippen LogP contribution in [0.3, 0.4) is 0 Å². The quantitative estimate of drug-likeness (QED) is 0.859. The molecule has 2 rings (SSSR count). The van der Waals surface area contributed by atoms with Gasteiger partial charge in [-0.2, -0.15) is 11.8 Å². The lowest BCUT2D eigenvalue weighted by Gasteiger charge is -2.33. The first-order valence-electron chi connectivity index (χ1n) is 7.70. The number of benzene rings is 1. The minimum Gasteiger partial charge on any atom is -0.497 e. The Balaban J connectivity index is 2.13. The monoisotopic (exact) mass is 309 g/mol. The predicted molar refractivity (Wildman–Crippen MR) is 90.7 cm³/mol. The van der Waals surface area contributed by atoms with Crippen molar-refractivity contribution in [1.29, 1.82) is 0 Å². The van der Waals surface area contributed by atoms with E-state index in [0.717, 1.165) is 16.7 Å². The molecule has 0 amide bonds. The van der Waals surface area contributed by atoms with Crippen molar-refractivity contribution < 1.29 is 9.47 Å². The number of ether oxygens (including phenoxy) is 2. The molecule has 4 heteroatoms. The number of hydrogen-bond acceptors (Lipinski definition) is 4.